The Bertz CT molecular complexity index is 234. The van der Waals surface area contributed by atoms with E-state index < -0.39 is 0 Å². The first-order valence-corrected chi connectivity index (χ1v) is 5.78. The van der Waals surface area contributed by atoms with Gasteiger partial charge in [-0.25, -0.2) is 0 Å². The Labute approximate surface area is 88.4 Å². The molecule has 0 nitrogen and oxygen atoms in total. The minimum Gasteiger partial charge on any atom is -0.102 e. The van der Waals surface area contributed by atoms with Crippen LogP contribution in [0.15, 0.2) is 37.0 Å². The van der Waals surface area contributed by atoms with Gasteiger partial charge in [-0.05, 0) is 18.8 Å². The van der Waals surface area contributed by atoms with Gasteiger partial charge in [0.1, 0.15) is 0 Å². The van der Waals surface area contributed by atoms with E-state index in [1.165, 1.54) is 25.7 Å². The zero-order chi connectivity index (χ0) is 10.4. The Hall–Kier alpha value is -0.780. The highest BCUT2D eigenvalue weighted by Crippen LogP contribution is 2.41. The Kier molecular flexibility index (Phi) is 4.19. The molecular formula is C14H22. The molecule has 0 amide bonds. The summed E-state index contributed by atoms with van der Waals surface area (Å²) in [6, 6.07) is 0. The second kappa shape index (κ2) is 5.19. The van der Waals surface area contributed by atoms with E-state index in [0.717, 1.165) is 0 Å². The standard InChI is InChI=1S/C14H22/c1-4-9-13-10-7-8-12-14(13,6-3)11-5-2/h6-8,10,12-13H,3-5,9,11H2,1-2H3. The van der Waals surface area contributed by atoms with Crippen molar-refractivity contribution in [3.8, 4) is 0 Å². The van der Waals surface area contributed by atoms with Gasteiger partial charge in [-0.15, -0.1) is 6.58 Å². The van der Waals surface area contributed by atoms with Crippen molar-refractivity contribution in [2.24, 2.45) is 11.3 Å². The van der Waals surface area contributed by atoms with Crippen LogP contribution in [-0.4, -0.2) is 0 Å². The van der Waals surface area contributed by atoms with Crippen LogP contribution in [0, 0.1) is 11.3 Å². The Balaban J connectivity index is 2.83. The van der Waals surface area contributed by atoms with Crippen LogP contribution in [0.25, 0.3) is 0 Å². The van der Waals surface area contributed by atoms with Crippen molar-refractivity contribution in [1.29, 1.82) is 0 Å². The lowest BCUT2D eigenvalue weighted by molar-refractivity contribution is 0.306. The Morgan fingerprint density at radius 2 is 2.07 bits per heavy atom. The topological polar surface area (TPSA) is 0 Å². The van der Waals surface area contributed by atoms with Crippen LogP contribution < -0.4 is 0 Å². The molecule has 1 aliphatic rings. The van der Waals surface area contributed by atoms with Gasteiger partial charge in [0.2, 0.25) is 0 Å². The third-order valence-electron chi connectivity index (χ3n) is 3.21. The maximum Gasteiger partial charge on any atom is 0.0124 e. The highest BCUT2D eigenvalue weighted by molar-refractivity contribution is 5.24. The molecule has 78 valence electrons. The van der Waals surface area contributed by atoms with Gasteiger partial charge in [-0.2, -0.15) is 0 Å². The summed E-state index contributed by atoms with van der Waals surface area (Å²) < 4.78 is 0. The molecule has 0 heterocycles. The SMILES string of the molecule is C=CC1(CCC)C=CC=CC1CCC. The molecule has 0 radical (unpaired) electrons. The molecule has 0 aromatic heterocycles. The molecule has 0 saturated heterocycles. The van der Waals surface area contributed by atoms with Crippen molar-refractivity contribution >= 4 is 0 Å². The van der Waals surface area contributed by atoms with Crippen molar-refractivity contribution in [1.82, 2.24) is 0 Å². The third-order valence-corrected chi connectivity index (χ3v) is 3.21. The number of hydrogen-bond acceptors (Lipinski definition) is 0. The second-order valence-corrected chi connectivity index (χ2v) is 4.21. The monoisotopic (exact) mass is 190 g/mol. The van der Waals surface area contributed by atoms with Gasteiger partial charge in [0, 0.05) is 5.41 Å². The zero-order valence-corrected chi connectivity index (χ0v) is 9.50. The lowest BCUT2D eigenvalue weighted by Gasteiger charge is -2.36. The number of hydrogen-bond donors (Lipinski definition) is 0. The van der Waals surface area contributed by atoms with Gasteiger partial charge in [-0.1, -0.05) is 57.1 Å². The fourth-order valence-corrected chi connectivity index (χ4v) is 2.43. The molecule has 0 fully saturated rings. The van der Waals surface area contributed by atoms with Crippen molar-refractivity contribution < 1.29 is 0 Å². The quantitative estimate of drug-likeness (QED) is 0.560. The van der Waals surface area contributed by atoms with Gasteiger partial charge in [0.05, 0.1) is 0 Å². The van der Waals surface area contributed by atoms with Gasteiger partial charge < -0.3 is 0 Å². The summed E-state index contributed by atoms with van der Waals surface area (Å²) in [5.41, 5.74) is 0.236. The largest absolute Gasteiger partial charge is 0.102 e. The summed E-state index contributed by atoms with van der Waals surface area (Å²) in [5, 5.41) is 0. The molecule has 0 aromatic carbocycles. The van der Waals surface area contributed by atoms with Crippen LogP contribution in [0.2, 0.25) is 0 Å². The van der Waals surface area contributed by atoms with Gasteiger partial charge >= 0.3 is 0 Å². The van der Waals surface area contributed by atoms with Crippen LogP contribution in [0.4, 0.5) is 0 Å². The third kappa shape index (κ3) is 2.17. The Morgan fingerprint density at radius 3 is 2.64 bits per heavy atom. The lowest BCUT2D eigenvalue weighted by atomic mass is 9.68. The highest BCUT2D eigenvalue weighted by atomic mass is 14.3. The molecule has 1 rings (SSSR count). The van der Waals surface area contributed by atoms with Crippen molar-refractivity contribution in [2.75, 3.05) is 0 Å². The van der Waals surface area contributed by atoms with E-state index in [-0.39, 0.29) is 5.41 Å². The summed E-state index contributed by atoms with van der Waals surface area (Å²) in [5.74, 6) is 0.662. The maximum absolute atomic E-state index is 4.02. The smallest absolute Gasteiger partial charge is 0.0124 e. The highest BCUT2D eigenvalue weighted by Gasteiger charge is 2.31. The second-order valence-electron chi connectivity index (χ2n) is 4.21. The predicted octanol–water partition coefficient (Wildman–Crippen LogP) is 4.50. The van der Waals surface area contributed by atoms with Gasteiger partial charge in [0.15, 0.2) is 0 Å². The van der Waals surface area contributed by atoms with E-state index in [1.807, 2.05) is 0 Å². The molecule has 0 heteroatoms. The molecule has 0 saturated carbocycles. The molecule has 0 aliphatic heterocycles. The maximum atomic E-state index is 4.02. The number of allylic oxidation sites excluding steroid dienone is 5. The fourth-order valence-electron chi connectivity index (χ4n) is 2.43. The minimum atomic E-state index is 0.236. The Morgan fingerprint density at radius 1 is 1.29 bits per heavy atom. The molecule has 0 N–H and O–H groups in total. The minimum absolute atomic E-state index is 0.236. The van der Waals surface area contributed by atoms with Crippen molar-refractivity contribution in [3.63, 3.8) is 0 Å². The summed E-state index contributed by atoms with van der Waals surface area (Å²) in [6.07, 6.45) is 16.2. The molecule has 0 aromatic rings. The van der Waals surface area contributed by atoms with E-state index in [1.54, 1.807) is 0 Å². The first-order valence-electron chi connectivity index (χ1n) is 5.78. The van der Waals surface area contributed by atoms with Crippen LogP contribution >= 0.6 is 0 Å². The molecule has 2 atom stereocenters. The van der Waals surface area contributed by atoms with E-state index in [0.29, 0.717) is 5.92 Å². The molecule has 0 bridgehead atoms. The summed E-state index contributed by atoms with van der Waals surface area (Å²) in [6.45, 7) is 8.53. The van der Waals surface area contributed by atoms with Crippen LogP contribution in [0.1, 0.15) is 39.5 Å². The van der Waals surface area contributed by atoms with E-state index in [9.17, 15) is 0 Å². The predicted molar refractivity (Wildman–Crippen MR) is 64.2 cm³/mol. The van der Waals surface area contributed by atoms with Crippen LogP contribution in [0.5, 0.6) is 0 Å². The molecule has 14 heavy (non-hydrogen) atoms. The van der Waals surface area contributed by atoms with Crippen molar-refractivity contribution in [2.45, 2.75) is 39.5 Å². The van der Waals surface area contributed by atoms with Crippen LogP contribution in [0.3, 0.4) is 0 Å². The van der Waals surface area contributed by atoms with Crippen molar-refractivity contribution in [3.05, 3.63) is 37.0 Å². The summed E-state index contributed by atoms with van der Waals surface area (Å²) in [7, 11) is 0. The first kappa shape index (κ1) is 11.3. The zero-order valence-electron chi connectivity index (χ0n) is 9.50. The molecule has 2 unspecified atom stereocenters. The van der Waals surface area contributed by atoms with E-state index in [4.69, 9.17) is 0 Å². The lowest BCUT2D eigenvalue weighted by Crippen LogP contribution is -2.26. The normalized spacial score (nSPS) is 30.6. The first-order chi connectivity index (χ1) is 6.79. The van der Waals surface area contributed by atoms with E-state index >= 15 is 0 Å². The average molecular weight is 190 g/mol. The molecule has 0 spiro atoms. The summed E-state index contributed by atoms with van der Waals surface area (Å²) >= 11 is 0. The fraction of sp³-hybridized carbons (Fsp3) is 0.571. The molecule has 1 aliphatic carbocycles. The summed E-state index contributed by atoms with van der Waals surface area (Å²) in [4.78, 5) is 0. The van der Waals surface area contributed by atoms with Crippen LogP contribution in [-0.2, 0) is 0 Å². The van der Waals surface area contributed by atoms with Gasteiger partial charge in [0.25, 0.3) is 0 Å². The van der Waals surface area contributed by atoms with Gasteiger partial charge in [-0.3, -0.25) is 0 Å². The average Bonchev–Trinajstić information content (AvgIpc) is 2.22. The number of rotatable bonds is 5. The van der Waals surface area contributed by atoms with E-state index in [2.05, 4.69) is 50.8 Å². The molecular weight excluding hydrogens is 168 g/mol.